The smallest absolute Gasteiger partial charge is 0.306 e. The number of esters is 1. The Hall–Kier alpha value is -2.83. The number of para-hydroxylation sites is 1. The number of benzene rings is 1. The third kappa shape index (κ3) is 6.23. The Morgan fingerprint density at radius 1 is 1.12 bits per heavy atom. The molecule has 0 unspecified atom stereocenters. The minimum Gasteiger partial charge on any atom is -0.456 e. The summed E-state index contributed by atoms with van der Waals surface area (Å²) in [6.45, 7) is 2.03. The van der Waals surface area contributed by atoms with Crippen LogP contribution in [0.5, 0.6) is 0 Å². The first-order chi connectivity index (χ1) is 12.6. The molecule has 1 heterocycles. The predicted octanol–water partition coefficient (Wildman–Crippen LogP) is 1.68. The number of aromatic amines is 1. The summed E-state index contributed by atoms with van der Waals surface area (Å²) in [4.78, 5) is 37.8. The molecule has 0 spiro atoms. The second-order valence-corrected chi connectivity index (χ2v) is 6.00. The summed E-state index contributed by atoms with van der Waals surface area (Å²) in [5.74, 6) is -1.16. The molecule has 2 rings (SSSR count). The van der Waals surface area contributed by atoms with Crippen LogP contribution in [0.2, 0.25) is 0 Å². The molecular weight excluding hydrogens is 334 g/mol. The number of hydrogen-bond donors (Lipinski definition) is 3. The number of H-pyrrole nitrogens is 1. The van der Waals surface area contributed by atoms with Gasteiger partial charge in [-0.1, -0.05) is 25.1 Å². The lowest BCUT2D eigenvalue weighted by atomic mass is 10.1. The van der Waals surface area contributed by atoms with Crippen molar-refractivity contribution in [3.63, 3.8) is 0 Å². The van der Waals surface area contributed by atoms with Crippen LogP contribution < -0.4 is 10.6 Å². The summed E-state index contributed by atoms with van der Waals surface area (Å²) in [5.41, 5.74) is 2.23. The topological polar surface area (TPSA) is 100 Å². The van der Waals surface area contributed by atoms with Gasteiger partial charge in [-0.05, 0) is 30.9 Å². The Bertz CT molecular complexity index is 754. The minimum atomic E-state index is -0.485. The number of amides is 2. The zero-order valence-corrected chi connectivity index (χ0v) is 15.0. The Labute approximate surface area is 152 Å². The quantitative estimate of drug-likeness (QED) is 0.562. The third-order valence-electron chi connectivity index (χ3n) is 3.88. The third-order valence-corrected chi connectivity index (χ3v) is 3.88. The summed E-state index contributed by atoms with van der Waals surface area (Å²) in [7, 11) is 0. The van der Waals surface area contributed by atoms with Crippen LogP contribution >= 0.6 is 0 Å². The molecule has 26 heavy (non-hydrogen) atoms. The van der Waals surface area contributed by atoms with Gasteiger partial charge in [-0.15, -0.1) is 0 Å². The van der Waals surface area contributed by atoms with Crippen molar-refractivity contribution in [2.75, 3.05) is 19.7 Å². The Morgan fingerprint density at radius 3 is 2.73 bits per heavy atom. The SMILES string of the molecule is CCCNC(=O)CNC(=O)COC(=O)CCCc1c[nH]c2ccccc12. The molecule has 1 aromatic carbocycles. The predicted molar refractivity (Wildman–Crippen MR) is 98.5 cm³/mol. The maximum atomic E-state index is 11.7. The molecule has 7 heteroatoms. The van der Waals surface area contributed by atoms with E-state index >= 15 is 0 Å². The minimum absolute atomic E-state index is 0.114. The van der Waals surface area contributed by atoms with Gasteiger partial charge < -0.3 is 20.4 Å². The van der Waals surface area contributed by atoms with Crippen molar-refractivity contribution in [2.24, 2.45) is 0 Å². The highest BCUT2D eigenvalue weighted by Gasteiger charge is 2.10. The van der Waals surface area contributed by atoms with Gasteiger partial charge in [0, 0.05) is 30.1 Å². The zero-order chi connectivity index (χ0) is 18.8. The fourth-order valence-corrected chi connectivity index (χ4v) is 2.54. The van der Waals surface area contributed by atoms with Crippen LogP contribution in [-0.4, -0.2) is 42.5 Å². The Kier molecular flexibility index (Phi) is 7.67. The van der Waals surface area contributed by atoms with Gasteiger partial charge in [-0.25, -0.2) is 0 Å². The molecule has 0 atom stereocenters. The summed E-state index contributed by atoms with van der Waals surface area (Å²) in [6.07, 6.45) is 4.41. The van der Waals surface area contributed by atoms with E-state index in [1.54, 1.807) is 0 Å². The van der Waals surface area contributed by atoms with E-state index in [-0.39, 0.29) is 25.5 Å². The Morgan fingerprint density at radius 2 is 1.92 bits per heavy atom. The molecule has 1 aromatic heterocycles. The van der Waals surface area contributed by atoms with Crippen LogP contribution in [0, 0.1) is 0 Å². The number of ether oxygens (including phenoxy) is 1. The first-order valence-corrected chi connectivity index (χ1v) is 8.84. The number of carbonyl (C=O) groups is 3. The summed E-state index contributed by atoms with van der Waals surface area (Å²) >= 11 is 0. The van der Waals surface area contributed by atoms with Crippen LogP contribution in [0.3, 0.4) is 0 Å². The largest absolute Gasteiger partial charge is 0.456 e. The summed E-state index contributed by atoms with van der Waals surface area (Å²) in [6, 6.07) is 8.00. The van der Waals surface area contributed by atoms with Gasteiger partial charge in [-0.3, -0.25) is 14.4 Å². The van der Waals surface area contributed by atoms with Gasteiger partial charge >= 0.3 is 5.97 Å². The monoisotopic (exact) mass is 359 g/mol. The van der Waals surface area contributed by atoms with E-state index < -0.39 is 11.9 Å². The normalized spacial score (nSPS) is 10.5. The molecule has 3 N–H and O–H groups in total. The van der Waals surface area contributed by atoms with Gasteiger partial charge in [-0.2, -0.15) is 0 Å². The zero-order valence-electron chi connectivity index (χ0n) is 15.0. The maximum absolute atomic E-state index is 11.7. The number of carbonyl (C=O) groups excluding carboxylic acids is 3. The van der Waals surface area contributed by atoms with Crippen molar-refractivity contribution in [2.45, 2.75) is 32.6 Å². The van der Waals surface area contributed by atoms with E-state index in [1.807, 2.05) is 37.4 Å². The fraction of sp³-hybridized carbons (Fsp3) is 0.421. The number of fused-ring (bicyclic) bond motifs is 1. The molecule has 2 amide bonds. The van der Waals surface area contributed by atoms with Crippen molar-refractivity contribution in [1.82, 2.24) is 15.6 Å². The van der Waals surface area contributed by atoms with Crippen LogP contribution in [0.15, 0.2) is 30.5 Å². The van der Waals surface area contributed by atoms with E-state index in [9.17, 15) is 14.4 Å². The second-order valence-electron chi connectivity index (χ2n) is 6.00. The van der Waals surface area contributed by atoms with Gasteiger partial charge in [0.1, 0.15) is 0 Å². The van der Waals surface area contributed by atoms with E-state index in [2.05, 4.69) is 15.6 Å². The van der Waals surface area contributed by atoms with Gasteiger partial charge in [0.25, 0.3) is 5.91 Å². The summed E-state index contributed by atoms with van der Waals surface area (Å²) < 4.78 is 4.93. The van der Waals surface area contributed by atoms with Crippen molar-refractivity contribution in [1.29, 1.82) is 0 Å². The molecule has 0 fully saturated rings. The molecule has 7 nitrogen and oxygen atoms in total. The van der Waals surface area contributed by atoms with Gasteiger partial charge in [0.15, 0.2) is 6.61 Å². The Balaban J connectivity index is 1.61. The van der Waals surface area contributed by atoms with Gasteiger partial charge in [0.05, 0.1) is 6.54 Å². The molecule has 0 radical (unpaired) electrons. The van der Waals surface area contributed by atoms with Crippen LogP contribution in [0.4, 0.5) is 0 Å². The van der Waals surface area contributed by atoms with E-state index in [0.717, 1.165) is 29.3 Å². The standard InChI is InChI=1S/C19H25N3O4/c1-2-10-20-17(23)12-22-18(24)13-26-19(25)9-5-6-14-11-21-16-8-4-3-7-15(14)16/h3-4,7-8,11,21H,2,5-6,9-10,12-13H2,1H3,(H,20,23)(H,22,24). The van der Waals surface area contributed by atoms with Crippen molar-refractivity contribution < 1.29 is 19.1 Å². The van der Waals surface area contributed by atoms with Crippen molar-refractivity contribution >= 4 is 28.7 Å². The molecule has 0 aliphatic heterocycles. The highest BCUT2D eigenvalue weighted by molar-refractivity contribution is 5.86. The lowest BCUT2D eigenvalue weighted by Crippen LogP contribution is -2.38. The highest BCUT2D eigenvalue weighted by Crippen LogP contribution is 2.19. The number of nitrogens with one attached hydrogen (secondary N) is 3. The molecule has 2 aromatic rings. The molecule has 0 aliphatic rings. The summed E-state index contributed by atoms with van der Waals surface area (Å²) in [5, 5.41) is 6.21. The average molecular weight is 359 g/mol. The number of aryl methyl sites for hydroxylation is 1. The lowest BCUT2D eigenvalue weighted by Gasteiger charge is -2.07. The maximum Gasteiger partial charge on any atom is 0.306 e. The van der Waals surface area contributed by atoms with Crippen molar-refractivity contribution in [3.05, 3.63) is 36.0 Å². The van der Waals surface area contributed by atoms with Crippen LogP contribution in [0.1, 0.15) is 31.7 Å². The number of hydrogen-bond acceptors (Lipinski definition) is 4. The lowest BCUT2D eigenvalue weighted by molar-refractivity contribution is -0.148. The molecule has 0 aliphatic carbocycles. The molecular formula is C19H25N3O4. The molecule has 0 saturated carbocycles. The van der Waals surface area contributed by atoms with E-state index in [0.29, 0.717) is 13.0 Å². The van der Waals surface area contributed by atoms with Gasteiger partial charge in [0.2, 0.25) is 5.91 Å². The molecule has 0 saturated heterocycles. The van der Waals surface area contributed by atoms with E-state index in [1.165, 1.54) is 0 Å². The van der Waals surface area contributed by atoms with Crippen molar-refractivity contribution in [3.8, 4) is 0 Å². The average Bonchev–Trinajstić information content (AvgIpc) is 3.06. The first kappa shape index (κ1) is 19.5. The van der Waals surface area contributed by atoms with E-state index in [4.69, 9.17) is 4.74 Å². The fourth-order valence-electron chi connectivity index (χ4n) is 2.54. The first-order valence-electron chi connectivity index (χ1n) is 8.84. The second kappa shape index (κ2) is 10.2. The highest BCUT2D eigenvalue weighted by atomic mass is 16.5. The number of rotatable bonds is 10. The number of aromatic nitrogens is 1. The van der Waals surface area contributed by atoms with Crippen LogP contribution in [0.25, 0.3) is 10.9 Å². The molecule has 140 valence electrons. The molecule has 0 bridgehead atoms. The van der Waals surface area contributed by atoms with Crippen LogP contribution in [-0.2, 0) is 25.5 Å².